The molecule has 0 aromatic carbocycles. The number of hydrogen-bond acceptors (Lipinski definition) is 8. The molecule has 9 heteroatoms. The molecule has 0 saturated heterocycles. The van der Waals surface area contributed by atoms with E-state index in [9.17, 15) is 19.2 Å². The lowest BCUT2D eigenvalue weighted by Gasteiger charge is -2.19. The van der Waals surface area contributed by atoms with Crippen molar-refractivity contribution in [3.8, 4) is 0 Å². The second kappa shape index (κ2) is 12.4. The largest absolute Gasteiger partial charge is 0.468 e. The SMILES string of the molecule is CCOC(=O)CCC(NC(=O)C(N)CCOC=O)C(=O)OCC. The van der Waals surface area contributed by atoms with Crippen molar-refractivity contribution in [2.75, 3.05) is 19.8 Å². The van der Waals surface area contributed by atoms with Crippen molar-refractivity contribution in [3.05, 3.63) is 0 Å². The van der Waals surface area contributed by atoms with E-state index in [1.165, 1.54) is 0 Å². The molecule has 0 aromatic heterocycles. The molecule has 0 saturated carbocycles. The van der Waals surface area contributed by atoms with Crippen LogP contribution in [0.3, 0.4) is 0 Å². The van der Waals surface area contributed by atoms with Gasteiger partial charge in [0.1, 0.15) is 6.04 Å². The van der Waals surface area contributed by atoms with Crippen molar-refractivity contribution < 1.29 is 33.4 Å². The summed E-state index contributed by atoms with van der Waals surface area (Å²) in [6, 6.07) is -1.95. The molecule has 0 aliphatic heterocycles. The molecule has 2 unspecified atom stereocenters. The van der Waals surface area contributed by atoms with Gasteiger partial charge in [-0.2, -0.15) is 0 Å². The number of esters is 2. The summed E-state index contributed by atoms with van der Waals surface area (Å²) in [5.74, 6) is -1.72. The van der Waals surface area contributed by atoms with E-state index >= 15 is 0 Å². The van der Waals surface area contributed by atoms with Crippen LogP contribution in [0.1, 0.15) is 33.1 Å². The van der Waals surface area contributed by atoms with Gasteiger partial charge in [-0.05, 0) is 20.3 Å². The molecule has 0 rings (SSSR count). The van der Waals surface area contributed by atoms with Gasteiger partial charge in [0.15, 0.2) is 0 Å². The third-order valence-electron chi connectivity index (χ3n) is 2.78. The first-order chi connectivity index (χ1) is 11.0. The molecule has 9 nitrogen and oxygen atoms in total. The minimum Gasteiger partial charge on any atom is -0.468 e. The summed E-state index contributed by atoms with van der Waals surface area (Å²) in [6.07, 6.45) is 0.111. The van der Waals surface area contributed by atoms with E-state index < -0.39 is 29.9 Å². The number of ether oxygens (including phenoxy) is 3. The van der Waals surface area contributed by atoms with Gasteiger partial charge in [-0.1, -0.05) is 0 Å². The molecule has 0 aliphatic carbocycles. The second-order valence-electron chi connectivity index (χ2n) is 4.52. The highest BCUT2D eigenvalue weighted by Gasteiger charge is 2.25. The molecular weight excluding hydrogens is 308 g/mol. The predicted octanol–water partition coefficient (Wildman–Crippen LogP) is -0.732. The van der Waals surface area contributed by atoms with Gasteiger partial charge in [0, 0.05) is 12.8 Å². The zero-order valence-corrected chi connectivity index (χ0v) is 13.4. The number of nitrogens with one attached hydrogen (secondary N) is 1. The normalized spacial score (nSPS) is 12.7. The molecule has 0 bridgehead atoms. The maximum Gasteiger partial charge on any atom is 0.328 e. The van der Waals surface area contributed by atoms with Gasteiger partial charge in [0.25, 0.3) is 6.47 Å². The Morgan fingerprint density at radius 2 is 1.78 bits per heavy atom. The lowest BCUT2D eigenvalue weighted by Crippen LogP contribution is -2.49. The van der Waals surface area contributed by atoms with E-state index in [4.69, 9.17) is 15.2 Å². The highest BCUT2D eigenvalue weighted by molar-refractivity contribution is 5.87. The van der Waals surface area contributed by atoms with Gasteiger partial charge in [-0.3, -0.25) is 14.4 Å². The first-order valence-electron chi connectivity index (χ1n) is 7.39. The molecule has 3 N–H and O–H groups in total. The Kier molecular flexibility index (Phi) is 11.2. The highest BCUT2D eigenvalue weighted by Crippen LogP contribution is 2.03. The molecule has 2 atom stereocenters. The van der Waals surface area contributed by atoms with Crippen LogP contribution < -0.4 is 11.1 Å². The van der Waals surface area contributed by atoms with E-state index in [2.05, 4.69) is 10.1 Å². The lowest BCUT2D eigenvalue weighted by atomic mass is 10.1. The standard InChI is InChI=1S/C14H24N2O7/c1-3-22-12(18)6-5-11(14(20)23-4-2)16-13(19)10(15)7-8-21-9-17/h9-11H,3-8,15H2,1-2H3,(H,16,19). The summed E-state index contributed by atoms with van der Waals surface area (Å²) in [4.78, 5) is 45.1. The third kappa shape index (κ3) is 9.46. The Hall–Kier alpha value is -2.16. The van der Waals surface area contributed by atoms with Crippen LogP contribution in [0, 0.1) is 0 Å². The maximum atomic E-state index is 11.9. The second-order valence-corrected chi connectivity index (χ2v) is 4.52. The number of hydrogen-bond donors (Lipinski definition) is 2. The van der Waals surface area contributed by atoms with Crippen LogP contribution in [0.15, 0.2) is 0 Å². The molecule has 0 aliphatic rings. The molecule has 0 aromatic rings. The van der Waals surface area contributed by atoms with Gasteiger partial charge in [0.2, 0.25) is 5.91 Å². The van der Waals surface area contributed by atoms with Crippen LogP contribution in [0.25, 0.3) is 0 Å². The van der Waals surface area contributed by atoms with Crippen LogP contribution >= 0.6 is 0 Å². The quantitative estimate of drug-likeness (QED) is 0.207. The summed E-state index contributed by atoms with van der Waals surface area (Å²) in [7, 11) is 0. The van der Waals surface area contributed by atoms with Crippen LogP contribution in [-0.4, -0.2) is 56.2 Å². The number of nitrogens with two attached hydrogens (primary N) is 1. The first-order valence-corrected chi connectivity index (χ1v) is 7.39. The van der Waals surface area contributed by atoms with Crippen molar-refractivity contribution in [2.24, 2.45) is 5.73 Å². The third-order valence-corrected chi connectivity index (χ3v) is 2.78. The maximum absolute atomic E-state index is 11.9. The van der Waals surface area contributed by atoms with Gasteiger partial charge in [0.05, 0.1) is 25.9 Å². The van der Waals surface area contributed by atoms with Crippen molar-refractivity contribution in [1.82, 2.24) is 5.32 Å². The van der Waals surface area contributed by atoms with Crippen molar-refractivity contribution in [2.45, 2.75) is 45.2 Å². The summed E-state index contributed by atoms with van der Waals surface area (Å²) in [5.41, 5.74) is 5.63. The van der Waals surface area contributed by atoms with Crippen molar-refractivity contribution >= 4 is 24.3 Å². The fourth-order valence-electron chi connectivity index (χ4n) is 1.64. The molecule has 23 heavy (non-hydrogen) atoms. The fourth-order valence-corrected chi connectivity index (χ4v) is 1.64. The van der Waals surface area contributed by atoms with Crippen LogP contribution in [0.4, 0.5) is 0 Å². The fraction of sp³-hybridized carbons (Fsp3) is 0.714. The highest BCUT2D eigenvalue weighted by atomic mass is 16.5. The Labute approximate surface area is 134 Å². The smallest absolute Gasteiger partial charge is 0.328 e. The Morgan fingerprint density at radius 3 is 2.35 bits per heavy atom. The Balaban J connectivity index is 4.54. The number of carbonyl (C=O) groups is 4. The van der Waals surface area contributed by atoms with Gasteiger partial charge in [-0.25, -0.2) is 4.79 Å². The molecule has 0 radical (unpaired) electrons. The summed E-state index contributed by atoms with van der Waals surface area (Å²) < 4.78 is 14.1. The van der Waals surface area contributed by atoms with Crippen LogP contribution in [0.5, 0.6) is 0 Å². The topological polar surface area (TPSA) is 134 Å². The van der Waals surface area contributed by atoms with Gasteiger partial charge in [-0.15, -0.1) is 0 Å². The summed E-state index contributed by atoms with van der Waals surface area (Å²) in [5, 5.41) is 2.44. The van der Waals surface area contributed by atoms with Crippen molar-refractivity contribution in [3.63, 3.8) is 0 Å². The first kappa shape index (κ1) is 20.8. The summed E-state index contributed by atoms with van der Waals surface area (Å²) >= 11 is 0. The number of rotatable bonds is 12. The van der Waals surface area contributed by atoms with E-state index in [-0.39, 0.29) is 45.6 Å². The Morgan fingerprint density at radius 1 is 1.13 bits per heavy atom. The number of carbonyl (C=O) groups excluding carboxylic acids is 4. The molecule has 132 valence electrons. The van der Waals surface area contributed by atoms with Gasteiger partial charge >= 0.3 is 11.9 Å². The zero-order valence-electron chi connectivity index (χ0n) is 13.4. The molecule has 0 heterocycles. The van der Waals surface area contributed by atoms with Gasteiger partial charge < -0.3 is 25.3 Å². The molecular formula is C14H24N2O7. The minimum absolute atomic E-state index is 0.00894. The zero-order chi connectivity index (χ0) is 17.7. The van der Waals surface area contributed by atoms with E-state index in [1.54, 1.807) is 13.8 Å². The van der Waals surface area contributed by atoms with Crippen LogP contribution in [-0.2, 0) is 33.4 Å². The minimum atomic E-state index is -0.995. The summed E-state index contributed by atoms with van der Waals surface area (Å²) in [6.45, 7) is 3.92. The molecule has 0 fully saturated rings. The van der Waals surface area contributed by atoms with Crippen molar-refractivity contribution in [1.29, 1.82) is 0 Å². The van der Waals surface area contributed by atoms with E-state index in [0.717, 1.165) is 0 Å². The monoisotopic (exact) mass is 332 g/mol. The molecule has 0 spiro atoms. The number of amides is 1. The predicted molar refractivity (Wildman–Crippen MR) is 79.0 cm³/mol. The van der Waals surface area contributed by atoms with E-state index in [1.807, 2.05) is 0 Å². The lowest BCUT2D eigenvalue weighted by molar-refractivity contribution is -0.149. The van der Waals surface area contributed by atoms with Crippen LogP contribution in [0.2, 0.25) is 0 Å². The average Bonchev–Trinajstić information content (AvgIpc) is 2.51. The average molecular weight is 332 g/mol. The van der Waals surface area contributed by atoms with E-state index in [0.29, 0.717) is 0 Å². The Bertz CT molecular complexity index is 401. The molecule has 1 amide bonds.